The highest BCUT2D eigenvalue weighted by Gasteiger charge is 2.41. The third kappa shape index (κ3) is 7.54. The van der Waals surface area contributed by atoms with Gasteiger partial charge in [-0.3, -0.25) is 19.9 Å². The van der Waals surface area contributed by atoms with E-state index in [0.717, 1.165) is 7.11 Å². The van der Waals surface area contributed by atoms with Gasteiger partial charge in [0.15, 0.2) is 0 Å². The molecule has 228 valence electrons. The zero-order valence-electron chi connectivity index (χ0n) is 24.8. The number of nitrogens with zero attached hydrogens (tertiary/aromatic N) is 4. The molecule has 0 aliphatic carbocycles. The van der Waals surface area contributed by atoms with E-state index in [1.54, 1.807) is 46.4 Å². The zero-order valence-corrected chi connectivity index (χ0v) is 24.8. The number of piperazine rings is 1. The Hall–Kier alpha value is -3.68. The van der Waals surface area contributed by atoms with Crippen molar-refractivity contribution in [3.8, 4) is 5.75 Å². The normalized spacial score (nSPS) is 18.5. The number of nitro benzene ring substituents is 1. The van der Waals surface area contributed by atoms with Crippen molar-refractivity contribution in [3.05, 3.63) is 27.6 Å². The van der Waals surface area contributed by atoms with Crippen LogP contribution in [0.25, 0.3) is 0 Å². The fourth-order valence-corrected chi connectivity index (χ4v) is 4.70. The van der Waals surface area contributed by atoms with Gasteiger partial charge in [0.1, 0.15) is 28.7 Å². The Balaban J connectivity index is 2.03. The Morgan fingerprint density at radius 2 is 1.78 bits per heavy atom. The number of esters is 1. The second-order valence-electron chi connectivity index (χ2n) is 12.0. The van der Waals surface area contributed by atoms with Crippen LogP contribution >= 0.6 is 0 Å². The van der Waals surface area contributed by atoms with Gasteiger partial charge in [-0.1, -0.05) is 0 Å². The Morgan fingerprint density at radius 3 is 2.34 bits per heavy atom. The number of nitro groups is 1. The standard InChI is InChI=1S/C27H39FN4O9/c1-16(23(33)38-8)31(25(35)41-27(5,6)7)19-13-20-18(21(28)22(19)32(36)37)15-29-10-11-30(14-17(29)9-12-39-20)24(34)40-26(2,3)4/h13,16-17H,9-12,14-15H2,1-8H3. The second-order valence-corrected chi connectivity index (χ2v) is 12.0. The van der Waals surface area contributed by atoms with Crippen LogP contribution in [0.4, 0.5) is 25.4 Å². The van der Waals surface area contributed by atoms with Gasteiger partial charge in [0, 0.05) is 38.3 Å². The molecule has 2 unspecified atom stereocenters. The van der Waals surface area contributed by atoms with Gasteiger partial charge < -0.3 is 23.8 Å². The molecule has 2 amide bonds. The van der Waals surface area contributed by atoms with Crippen molar-refractivity contribution in [2.75, 3.05) is 38.3 Å². The number of fused-ring (bicyclic) bond motifs is 2. The van der Waals surface area contributed by atoms with E-state index in [2.05, 4.69) is 0 Å². The number of amides is 2. The summed E-state index contributed by atoms with van der Waals surface area (Å²) in [6.07, 6.45) is -1.07. The van der Waals surface area contributed by atoms with Crippen LogP contribution in [0.3, 0.4) is 0 Å². The number of methoxy groups -OCH3 is 1. The Labute approximate surface area is 238 Å². The van der Waals surface area contributed by atoms with Gasteiger partial charge in [-0.2, -0.15) is 4.39 Å². The van der Waals surface area contributed by atoms with Crippen LogP contribution in [0, 0.1) is 15.9 Å². The van der Waals surface area contributed by atoms with Crippen LogP contribution in [0.1, 0.15) is 60.5 Å². The average Bonchev–Trinajstić information content (AvgIpc) is 2.82. The lowest BCUT2D eigenvalue weighted by Crippen LogP contribution is -2.55. The van der Waals surface area contributed by atoms with Crippen LogP contribution in [-0.4, -0.2) is 89.5 Å². The highest BCUT2D eigenvalue weighted by Crippen LogP contribution is 2.42. The molecule has 1 aromatic carbocycles. The predicted molar refractivity (Wildman–Crippen MR) is 145 cm³/mol. The molecule has 13 nitrogen and oxygen atoms in total. The van der Waals surface area contributed by atoms with E-state index in [4.69, 9.17) is 18.9 Å². The van der Waals surface area contributed by atoms with E-state index in [0.29, 0.717) is 31.0 Å². The molecule has 0 bridgehead atoms. The molecule has 1 saturated heterocycles. The molecule has 1 fully saturated rings. The molecular formula is C27H39FN4O9. The van der Waals surface area contributed by atoms with Gasteiger partial charge in [-0.25, -0.2) is 14.4 Å². The maximum atomic E-state index is 16.1. The molecule has 41 heavy (non-hydrogen) atoms. The molecule has 1 aromatic rings. The van der Waals surface area contributed by atoms with E-state index in [9.17, 15) is 24.5 Å². The summed E-state index contributed by atoms with van der Waals surface area (Å²) in [6, 6.07) is -0.401. The average molecular weight is 583 g/mol. The van der Waals surface area contributed by atoms with Crippen molar-refractivity contribution in [2.45, 2.75) is 84.7 Å². The SMILES string of the molecule is COC(=O)C(C)N(C(=O)OC(C)(C)C)c1cc2c(c(F)c1[N+](=O)[O-])CN1CCN(C(=O)OC(C)(C)C)CC1CCO2. The number of hydrogen-bond acceptors (Lipinski definition) is 10. The first-order chi connectivity index (χ1) is 18.9. The summed E-state index contributed by atoms with van der Waals surface area (Å²) in [4.78, 5) is 53.8. The molecular weight excluding hydrogens is 543 g/mol. The quantitative estimate of drug-likeness (QED) is 0.219. The van der Waals surface area contributed by atoms with Crippen molar-refractivity contribution in [1.82, 2.24) is 9.80 Å². The number of rotatable bonds is 4. The van der Waals surface area contributed by atoms with E-state index < -0.39 is 57.5 Å². The smallest absolute Gasteiger partial charge is 0.415 e. The number of carbonyl (C=O) groups is 3. The van der Waals surface area contributed by atoms with E-state index in [1.807, 2.05) is 4.90 Å². The second kappa shape index (κ2) is 12.0. The van der Waals surface area contributed by atoms with Crippen molar-refractivity contribution < 1.29 is 42.6 Å². The molecule has 3 rings (SSSR count). The third-order valence-corrected chi connectivity index (χ3v) is 6.57. The van der Waals surface area contributed by atoms with Gasteiger partial charge in [0.05, 0.1) is 24.2 Å². The lowest BCUT2D eigenvalue weighted by molar-refractivity contribution is -0.386. The molecule has 0 spiro atoms. The largest absolute Gasteiger partial charge is 0.493 e. The molecule has 14 heteroatoms. The number of hydrogen-bond donors (Lipinski definition) is 0. The minimum atomic E-state index is -1.38. The lowest BCUT2D eigenvalue weighted by Gasteiger charge is -2.42. The van der Waals surface area contributed by atoms with Crippen LogP contribution in [0.15, 0.2) is 6.07 Å². The van der Waals surface area contributed by atoms with Crippen LogP contribution in [-0.2, 0) is 25.5 Å². The summed E-state index contributed by atoms with van der Waals surface area (Å²) in [6.45, 7) is 12.5. The highest BCUT2D eigenvalue weighted by molar-refractivity contribution is 5.98. The highest BCUT2D eigenvalue weighted by atomic mass is 19.1. The van der Waals surface area contributed by atoms with Crippen LogP contribution < -0.4 is 9.64 Å². The van der Waals surface area contributed by atoms with Gasteiger partial charge in [0.25, 0.3) is 0 Å². The van der Waals surface area contributed by atoms with Gasteiger partial charge in [-0.05, 0) is 54.9 Å². The van der Waals surface area contributed by atoms with Crippen molar-refractivity contribution in [3.63, 3.8) is 0 Å². The summed E-state index contributed by atoms with van der Waals surface area (Å²) >= 11 is 0. The zero-order chi connectivity index (χ0) is 30.9. The molecule has 0 N–H and O–H groups in total. The maximum Gasteiger partial charge on any atom is 0.415 e. The van der Waals surface area contributed by atoms with Crippen molar-refractivity contribution in [2.24, 2.45) is 0 Å². The third-order valence-electron chi connectivity index (χ3n) is 6.57. The van der Waals surface area contributed by atoms with E-state index in [-0.39, 0.29) is 30.5 Å². The van der Waals surface area contributed by atoms with Gasteiger partial charge in [0.2, 0.25) is 5.82 Å². The van der Waals surface area contributed by atoms with Crippen LogP contribution in [0.5, 0.6) is 5.75 Å². The monoisotopic (exact) mass is 582 g/mol. The van der Waals surface area contributed by atoms with Crippen LogP contribution in [0.2, 0.25) is 0 Å². The van der Waals surface area contributed by atoms with E-state index in [1.165, 1.54) is 13.0 Å². The van der Waals surface area contributed by atoms with Crippen molar-refractivity contribution >= 4 is 29.5 Å². The first-order valence-electron chi connectivity index (χ1n) is 13.4. The summed E-state index contributed by atoms with van der Waals surface area (Å²) in [5, 5.41) is 12.2. The molecule has 2 atom stereocenters. The fraction of sp³-hybridized carbons (Fsp3) is 0.667. The summed E-state index contributed by atoms with van der Waals surface area (Å²) in [5.74, 6) is -2.07. The Bertz CT molecular complexity index is 1190. The Kier molecular flexibility index (Phi) is 9.36. The predicted octanol–water partition coefficient (Wildman–Crippen LogP) is 4.24. The number of ether oxygens (including phenoxy) is 4. The minimum absolute atomic E-state index is 0.00162. The van der Waals surface area contributed by atoms with E-state index >= 15 is 4.39 Å². The number of carbonyl (C=O) groups excluding carboxylic acids is 3. The Morgan fingerprint density at radius 1 is 1.15 bits per heavy atom. The molecule has 2 aliphatic rings. The topological polar surface area (TPSA) is 141 Å². The first kappa shape index (κ1) is 31.8. The van der Waals surface area contributed by atoms with Gasteiger partial charge >= 0.3 is 23.8 Å². The molecule has 2 aliphatic heterocycles. The summed E-state index contributed by atoms with van der Waals surface area (Å²) in [7, 11) is 1.10. The van der Waals surface area contributed by atoms with Crippen molar-refractivity contribution in [1.29, 1.82) is 0 Å². The minimum Gasteiger partial charge on any atom is -0.493 e. The summed E-state index contributed by atoms with van der Waals surface area (Å²) < 4.78 is 37.6. The molecule has 2 heterocycles. The number of benzene rings is 1. The maximum absolute atomic E-state index is 16.1. The molecule has 0 aromatic heterocycles. The number of halogens is 1. The first-order valence-corrected chi connectivity index (χ1v) is 13.4. The molecule has 0 saturated carbocycles. The van der Waals surface area contributed by atoms with Gasteiger partial charge in [-0.15, -0.1) is 0 Å². The molecule has 0 radical (unpaired) electrons. The number of anilines is 1. The summed E-state index contributed by atoms with van der Waals surface area (Å²) in [5.41, 5.74) is -3.24. The fourth-order valence-electron chi connectivity index (χ4n) is 4.70. The lowest BCUT2D eigenvalue weighted by atomic mass is 10.0.